The number of carbonyl (C=O) groups excluding carboxylic acids is 1. The Balaban J connectivity index is 1.87. The van der Waals surface area contributed by atoms with Gasteiger partial charge in [-0.3, -0.25) is 4.79 Å². The first-order valence-electron chi connectivity index (χ1n) is 5.69. The molecule has 1 unspecified atom stereocenters. The standard InChI is InChI=1S/C12H15NO3S/c1-7(8-2-3-8)6-13-11(14)9-4-5-10(17-9)12(15)16/h4-5,7-8H,2-3,6H2,1H3,(H,13,14)(H,15,16). The fraction of sp³-hybridized carbons (Fsp3) is 0.500. The van der Waals surface area contributed by atoms with E-state index in [4.69, 9.17) is 5.11 Å². The summed E-state index contributed by atoms with van der Waals surface area (Å²) in [6.07, 6.45) is 2.53. The summed E-state index contributed by atoms with van der Waals surface area (Å²) < 4.78 is 0. The third-order valence-corrected chi connectivity index (χ3v) is 4.12. The van der Waals surface area contributed by atoms with Gasteiger partial charge in [-0.25, -0.2) is 4.79 Å². The van der Waals surface area contributed by atoms with Crippen molar-refractivity contribution in [3.63, 3.8) is 0 Å². The zero-order chi connectivity index (χ0) is 12.4. The van der Waals surface area contributed by atoms with Gasteiger partial charge in [0.1, 0.15) is 4.88 Å². The minimum atomic E-state index is -0.986. The smallest absolute Gasteiger partial charge is 0.345 e. The number of aromatic carboxylic acids is 1. The fourth-order valence-electron chi connectivity index (χ4n) is 1.75. The molecule has 0 spiro atoms. The highest BCUT2D eigenvalue weighted by Crippen LogP contribution is 2.36. The van der Waals surface area contributed by atoms with Gasteiger partial charge in [-0.15, -0.1) is 11.3 Å². The van der Waals surface area contributed by atoms with Gasteiger partial charge < -0.3 is 10.4 Å². The van der Waals surface area contributed by atoms with Crippen LogP contribution in [0.5, 0.6) is 0 Å². The Morgan fingerprint density at radius 1 is 1.47 bits per heavy atom. The average molecular weight is 253 g/mol. The van der Waals surface area contributed by atoms with E-state index in [1.165, 1.54) is 18.9 Å². The zero-order valence-electron chi connectivity index (χ0n) is 9.60. The van der Waals surface area contributed by atoms with Crippen molar-refractivity contribution in [1.82, 2.24) is 5.32 Å². The van der Waals surface area contributed by atoms with E-state index in [0.29, 0.717) is 17.3 Å². The Labute approximate surface area is 104 Å². The van der Waals surface area contributed by atoms with Gasteiger partial charge in [0.25, 0.3) is 5.91 Å². The first-order chi connectivity index (χ1) is 8.08. The summed E-state index contributed by atoms with van der Waals surface area (Å²) in [7, 11) is 0. The van der Waals surface area contributed by atoms with Gasteiger partial charge >= 0.3 is 5.97 Å². The lowest BCUT2D eigenvalue weighted by Gasteiger charge is -2.10. The maximum atomic E-state index is 11.7. The topological polar surface area (TPSA) is 66.4 Å². The Bertz CT molecular complexity index is 437. The van der Waals surface area contributed by atoms with Crippen LogP contribution in [0.4, 0.5) is 0 Å². The highest BCUT2D eigenvalue weighted by atomic mass is 32.1. The van der Waals surface area contributed by atoms with Gasteiger partial charge in [-0.2, -0.15) is 0 Å². The summed E-state index contributed by atoms with van der Waals surface area (Å²) in [5.41, 5.74) is 0. The van der Waals surface area contributed by atoms with Crippen molar-refractivity contribution in [2.45, 2.75) is 19.8 Å². The molecule has 2 rings (SSSR count). The lowest BCUT2D eigenvalue weighted by Crippen LogP contribution is -2.28. The van der Waals surface area contributed by atoms with Crippen LogP contribution < -0.4 is 5.32 Å². The minimum absolute atomic E-state index is 0.171. The molecule has 0 saturated heterocycles. The molecule has 0 aliphatic heterocycles. The second-order valence-electron chi connectivity index (χ2n) is 4.49. The number of nitrogens with one attached hydrogen (secondary N) is 1. The van der Waals surface area contributed by atoms with Crippen molar-refractivity contribution in [2.24, 2.45) is 11.8 Å². The number of carboxylic acid groups (broad SMARTS) is 1. The summed E-state index contributed by atoms with van der Waals surface area (Å²) in [6.45, 7) is 2.80. The van der Waals surface area contributed by atoms with Crippen LogP contribution in [-0.2, 0) is 0 Å². The summed E-state index contributed by atoms with van der Waals surface area (Å²) in [4.78, 5) is 23.1. The molecular formula is C12H15NO3S. The quantitative estimate of drug-likeness (QED) is 0.845. The largest absolute Gasteiger partial charge is 0.477 e. The third-order valence-electron chi connectivity index (χ3n) is 3.05. The lowest BCUT2D eigenvalue weighted by atomic mass is 10.1. The second kappa shape index (κ2) is 4.87. The summed E-state index contributed by atoms with van der Waals surface area (Å²) >= 11 is 1.01. The number of carboxylic acids is 1. The number of thiophene rings is 1. The van der Waals surface area contributed by atoms with Gasteiger partial charge in [-0.1, -0.05) is 6.92 Å². The zero-order valence-corrected chi connectivity index (χ0v) is 10.4. The normalized spacial score (nSPS) is 16.5. The van der Waals surface area contributed by atoms with E-state index in [1.807, 2.05) is 0 Å². The van der Waals surface area contributed by atoms with Gasteiger partial charge in [0.15, 0.2) is 0 Å². The number of hydrogen-bond donors (Lipinski definition) is 2. The van der Waals surface area contributed by atoms with E-state index in [9.17, 15) is 9.59 Å². The third kappa shape index (κ3) is 3.06. The van der Waals surface area contributed by atoms with E-state index in [1.54, 1.807) is 6.07 Å². The molecule has 1 aliphatic rings. The molecule has 0 radical (unpaired) electrons. The molecule has 1 heterocycles. The minimum Gasteiger partial charge on any atom is -0.477 e. The molecule has 0 bridgehead atoms. The van der Waals surface area contributed by atoms with E-state index in [0.717, 1.165) is 17.3 Å². The Morgan fingerprint density at radius 3 is 2.65 bits per heavy atom. The van der Waals surface area contributed by atoms with Crippen molar-refractivity contribution in [1.29, 1.82) is 0 Å². The molecular weight excluding hydrogens is 238 g/mol. The monoisotopic (exact) mass is 253 g/mol. The number of rotatable bonds is 5. The van der Waals surface area contributed by atoms with Crippen LogP contribution in [-0.4, -0.2) is 23.5 Å². The second-order valence-corrected chi connectivity index (χ2v) is 5.58. The Kier molecular flexibility index (Phi) is 3.47. The molecule has 1 fully saturated rings. The average Bonchev–Trinajstić information content (AvgIpc) is 3.02. The summed E-state index contributed by atoms with van der Waals surface area (Å²) in [5, 5.41) is 11.6. The van der Waals surface area contributed by atoms with Crippen molar-refractivity contribution < 1.29 is 14.7 Å². The summed E-state index contributed by atoms with van der Waals surface area (Å²) in [6, 6.07) is 3.03. The summed E-state index contributed by atoms with van der Waals surface area (Å²) in [5.74, 6) is 0.112. The molecule has 5 heteroatoms. The lowest BCUT2D eigenvalue weighted by molar-refractivity contribution is 0.0702. The Morgan fingerprint density at radius 2 is 2.12 bits per heavy atom. The molecule has 1 amide bonds. The molecule has 92 valence electrons. The molecule has 1 atom stereocenters. The van der Waals surface area contributed by atoms with Crippen molar-refractivity contribution >= 4 is 23.2 Å². The highest BCUT2D eigenvalue weighted by Gasteiger charge is 2.28. The molecule has 17 heavy (non-hydrogen) atoms. The van der Waals surface area contributed by atoms with E-state index >= 15 is 0 Å². The first-order valence-corrected chi connectivity index (χ1v) is 6.51. The predicted octanol–water partition coefficient (Wildman–Crippen LogP) is 2.22. The van der Waals surface area contributed by atoms with E-state index < -0.39 is 5.97 Å². The predicted molar refractivity (Wildman–Crippen MR) is 65.5 cm³/mol. The SMILES string of the molecule is CC(CNC(=O)c1ccc(C(=O)O)s1)C1CC1. The fourth-order valence-corrected chi connectivity index (χ4v) is 2.51. The molecule has 1 saturated carbocycles. The highest BCUT2D eigenvalue weighted by molar-refractivity contribution is 7.15. The molecule has 1 aliphatic carbocycles. The van der Waals surface area contributed by atoms with Gasteiger partial charge in [0, 0.05) is 6.54 Å². The first kappa shape index (κ1) is 12.1. The van der Waals surface area contributed by atoms with Gasteiger partial charge in [-0.05, 0) is 36.8 Å². The van der Waals surface area contributed by atoms with E-state index in [-0.39, 0.29) is 10.8 Å². The molecule has 2 N–H and O–H groups in total. The maximum absolute atomic E-state index is 11.7. The van der Waals surface area contributed by atoms with Gasteiger partial charge in [0.2, 0.25) is 0 Å². The number of hydrogen-bond acceptors (Lipinski definition) is 3. The van der Waals surface area contributed by atoms with Crippen LogP contribution in [0, 0.1) is 11.8 Å². The molecule has 1 aromatic rings. The van der Waals surface area contributed by atoms with Gasteiger partial charge in [0.05, 0.1) is 4.88 Å². The molecule has 4 nitrogen and oxygen atoms in total. The van der Waals surface area contributed by atoms with Crippen molar-refractivity contribution in [3.8, 4) is 0 Å². The van der Waals surface area contributed by atoms with Crippen molar-refractivity contribution in [2.75, 3.05) is 6.54 Å². The van der Waals surface area contributed by atoms with Crippen LogP contribution in [0.3, 0.4) is 0 Å². The number of amides is 1. The van der Waals surface area contributed by atoms with Crippen molar-refractivity contribution in [3.05, 3.63) is 21.9 Å². The van der Waals surface area contributed by atoms with Crippen LogP contribution in [0.25, 0.3) is 0 Å². The molecule has 1 aromatic heterocycles. The van der Waals surface area contributed by atoms with E-state index in [2.05, 4.69) is 12.2 Å². The van der Waals surface area contributed by atoms with Crippen LogP contribution in [0.1, 0.15) is 39.1 Å². The van der Waals surface area contributed by atoms with Crippen LogP contribution >= 0.6 is 11.3 Å². The number of carbonyl (C=O) groups is 2. The molecule has 0 aromatic carbocycles. The Hall–Kier alpha value is -1.36. The maximum Gasteiger partial charge on any atom is 0.345 e. The van der Waals surface area contributed by atoms with Crippen LogP contribution in [0.15, 0.2) is 12.1 Å². The van der Waals surface area contributed by atoms with Crippen LogP contribution in [0.2, 0.25) is 0 Å².